The van der Waals surface area contributed by atoms with Gasteiger partial charge in [0.2, 0.25) is 5.91 Å². The minimum atomic E-state index is -0.754. The molecule has 0 aromatic heterocycles. The minimum Gasteiger partial charge on any atom is -0.388 e. The highest BCUT2D eigenvalue weighted by molar-refractivity contribution is 5.79. The van der Waals surface area contributed by atoms with Crippen LogP contribution in [0.3, 0.4) is 0 Å². The summed E-state index contributed by atoms with van der Waals surface area (Å²) >= 11 is 0. The summed E-state index contributed by atoms with van der Waals surface area (Å²) < 4.78 is 5.22. The van der Waals surface area contributed by atoms with Crippen LogP contribution in [-0.4, -0.2) is 36.4 Å². The summed E-state index contributed by atoms with van der Waals surface area (Å²) in [5.74, 6) is 0.757. The van der Waals surface area contributed by atoms with Gasteiger partial charge in [0.1, 0.15) is 0 Å². The maximum Gasteiger partial charge on any atom is 0.223 e. The Hall–Kier alpha value is -0.610. The van der Waals surface area contributed by atoms with Crippen LogP contribution in [-0.2, 0) is 9.53 Å². The molecule has 17 heavy (non-hydrogen) atoms. The normalized spacial score (nSPS) is 32.4. The molecule has 1 aliphatic heterocycles. The van der Waals surface area contributed by atoms with Crippen molar-refractivity contribution >= 4 is 5.91 Å². The fourth-order valence-corrected chi connectivity index (χ4v) is 2.85. The monoisotopic (exact) mass is 241 g/mol. The second-order valence-corrected chi connectivity index (χ2v) is 5.57. The average Bonchev–Trinajstić information content (AvgIpc) is 2.74. The summed E-state index contributed by atoms with van der Waals surface area (Å²) in [5, 5.41) is 13.2. The van der Waals surface area contributed by atoms with Crippen LogP contribution in [0.5, 0.6) is 0 Å². The highest BCUT2D eigenvalue weighted by Crippen LogP contribution is 2.31. The van der Waals surface area contributed by atoms with Crippen LogP contribution < -0.4 is 5.32 Å². The lowest BCUT2D eigenvalue weighted by Gasteiger charge is -2.32. The molecular weight excluding hydrogens is 218 g/mol. The molecule has 0 radical (unpaired) electrons. The van der Waals surface area contributed by atoms with Gasteiger partial charge in [0.25, 0.3) is 0 Å². The van der Waals surface area contributed by atoms with Gasteiger partial charge >= 0.3 is 0 Å². The lowest BCUT2D eigenvalue weighted by atomic mass is 9.93. The van der Waals surface area contributed by atoms with E-state index in [1.165, 1.54) is 0 Å². The standard InChI is InChI=1S/C13H23NO3/c1-10-3-2-4-11(10)12(15)14-9-13(16)5-7-17-8-6-13/h10-11,16H,2-9H2,1H3,(H,14,15). The van der Waals surface area contributed by atoms with Crippen LogP contribution in [0.2, 0.25) is 0 Å². The number of rotatable bonds is 3. The SMILES string of the molecule is CC1CCCC1C(=O)NCC1(O)CCOCC1. The number of carbonyl (C=O) groups excluding carboxylic acids is 1. The van der Waals surface area contributed by atoms with Crippen LogP contribution >= 0.6 is 0 Å². The van der Waals surface area contributed by atoms with Crippen molar-refractivity contribution in [1.82, 2.24) is 5.32 Å². The second kappa shape index (κ2) is 5.36. The van der Waals surface area contributed by atoms with Crippen LogP contribution in [0.15, 0.2) is 0 Å². The van der Waals surface area contributed by atoms with Crippen molar-refractivity contribution in [3.05, 3.63) is 0 Å². The first-order valence-corrected chi connectivity index (χ1v) is 6.69. The van der Waals surface area contributed by atoms with E-state index >= 15 is 0 Å². The number of nitrogens with one attached hydrogen (secondary N) is 1. The van der Waals surface area contributed by atoms with Gasteiger partial charge in [-0.15, -0.1) is 0 Å². The molecule has 1 saturated heterocycles. The van der Waals surface area contributed by atoms with E-state index in [2.05, 4.69) is 12.2 Å². The van der Waals surface area contributed by atoms with Gasteiger partial charge in [0, 0.05) is 38.5 Å². The van der Waals surface area contributed by atoms with Crippen molar-refractivity contribution in [3.63, 3.8) is 0 Å². The van der Waals surface area contributed by atoms with E-state index in [9.17, 15) is 9.90 Å². The molecule has 4 nitrogen and oxygen atoms in total. The van der Waals surface area contributed by atoms with Crippen LogP contribution in [0, 0.1) is 11.8 Å². The molecule has 4 heteroatoms. The van der Waals surface area contributed by atoms with Crippen molar-refractivity contribution in [2.24, 2.45) is 11.8 Å². The van der Waals surface area contributed by atoms with Gasteiger partial charge in [-0.3, -0.25) is 4.79 Å². The predicted octanol–water partition coefficient (Wildman–Crippen LogP) is 1.08. The molecule has 0 aromatic carbocycles. The molecule has 2 fully saturated rings. The lowest BCUT2D eigenvalue weighted by Crippen LogP contribution is -2.48. The number of hydrogen-bond donors (Lipinski definition) is 2. The summed E-state index contributed by atoms with van der Waals surface area (Å²) in [6, 6.07) is 0. The Bertz CT molecular complexity index is 274. The molecule has 0 spiro atoms. The predicted molar refractivity (Wildman–Crippen MR) is 64.5 cm³/mol. The van der Waals surface area contributed by atoms with E-state index in [1.54, 1.807) is 0 Å². The van der Waals surface area contributed by atoms with Gasteiger partial charge in [0.05, 0.1) is 5.60 Å². The van der Waals surface area contributed by atoms with Crippen LogP contribution in [0.25, 0.3) is 0 Å². The van der Waals surface area contributed by atoms with Gasteiger partial charge in [-0.25, -0.2) is 0 Å². The lowest BCUT2D eigenvalue weighted by molar-refractivity contribution is -0.128. The molecule has 2 rings (SSSR count). The van der Waals surface area contributed by atoms with E-state index in [4.69, 9.17) is 4.74 Å². The third-order valence-electron chi connectivity index (χ3n) is 4.21. The molecule has 2 N–H and O–H groups in total. The van der Waals surface area contributed by atoms with Crippen LogP contribution in [0.4, 0.5) is 0 Å². The molecule has 1 heterocycles. The van der Waals surface area contributed by atoms with Gasteiger partial charge in [0.15, 0.2) is 0 Å². The van der Waals surface area contributed by atoms with E-state index in [0.717, 1.165) is 19.3 Å². The van der Waals surface area contributed by atoms with Crippen LogP contribution in [0.1, 0.15) is 39.0 Å². The van der Waals surface area contributed by atoms with Gasteiger partial charge < -0.3 is 15.2 Å². The Balaban J connectivity index is 1.79. The second-order valence-electron chi connectivity index (χ2n) is 5.57. The smallest absolute Gasteiger partial charge is 0.223 e. The molecule has 1 aliphatic carbocycles. The molecule has 98 valence electrons. The van der Waals surface area contributed by atoms with Gasteiger partial charge in [-0.05, 0) is 18.8 Å². The number of hydrogen-bond acceptors (Lipinski definition) is 3. The summed E-state index contributed by atoms with van der Waals surface area (Å²) in [5.41, 5.74) is -0.754. The molecule has 2 unspecified atom stereocenters. The van der Waals surface area contributed by atoms with Crippen molar-refractivity contribution in [3.8, 4) is 0 Å². The average molecular weight is 241 g/mol. The fraction of sp³-hybridized carbons (Fsp3) is 0.923. The number of carbonyl (C=O) groups is 1. The molecule has 2 aliphatic rings. The first-order valence-electron chi connectivity index (χ1n) is 6.69. The number of aliphatic hydroxyl groups is 1. The molecule has 2 atom stereocenters. The number of ether oxygens (including phenoxy) is 1. The zero-order valence-electron chi connectivity index (χ0n) is 10.6. The molecule has 1 saturated carbocycles. The molecular formula is C13H23NO3. The zero-order valence-corrected chi connectivity index (χ0v) is 10.6. The summed E-state index contributed by atoms with van der Waals surface area (Å²) in [7, 11) is 0. The minimum absolute atomic E-state index is 0.120. The molecule has 0 aromatic rings. The summed E-state index contributed by atoms with van der Waals surface area (Å²) in [4.78, 5) is 12.0. The Morgan fingerprint density at radius 3 is 2.71 bits per heavy atom. The van der Waals surface area contributed by atoms with Gasteiger partial charge in [-0.1, -0.05) is 13.3 Å². The topological polar surface area (TPSA) is 58.6 Å². The van der Waals surface area contributed by atoms with E-state index < -0.39 is 5.60 Å². The number of amides is 1. The van der Waals surface area contributed by atoms with Crippen molar-refractivity contribution < 1.29 is 14.6 Å². The van der Waals surface area contributed by atoms with Gasteiger partial charge in [-0.2, -0.15) is 0 Å². The zero-order chi connectivity index (χ0) is 12.3. The Morgan fingerprint density at radius 2 is 2.12 bits per heavy atom. The first-order chi connectivity index (χ1) is 8.11. The highest BCUT2D eigenvalue weighted by Gasteiger charge is 2.33. The van der Waals surface area contributed by atoms with Crippen molar-refractivity contribution in [2.45, 2.75) is 44.6 Å². The maximum absolute atomic E-state index is 12.0. The third kappa shape index (κ3) is 3.19. The first kappa shape index (κ1) is 12.8. The maximum atomic E-state index is 12.0. The quantitative estimate of drug-likeness (QED) is 0.777. The molecule has 0 bridgehead atoms. The largest absolute Gasteiger partial charge is 0.388 e. The van der Waals surface area contributed by atoms with E-state index in [-0.39, 0.29) is 11.8 Å². The Labute approximate surface area is 103 Å². The van der Waals surface area contributed by atoms with E-state index in [0.29, 0.717) is 38.5 Å². The highest BCUT2D eigenvalue weighted by atomic mass is 16.5. The Morgan fingerprint density at radius 1 is 1.41 bits per heavy atom. The Kier molecular flexibility index (Phi) is 4.05. The van der Waals surface area contributed by atoms with Crippen molar-refractivity contribution in [2.75, 3.05) is 19.8 Å². The van der Waals surface area contributed by atoms with E-state index in [1.807, 2.05) is 0 Å². The molecule has 1 amide bonds. The third-order valence-corrected chi connectivity index (χ3v) is 4.21. The summed E-state index contributed by atoms with van der Waals surface area (Å²) in [6.07, 6.45) is 4.53. The fourth-order valence-electron chi connectivity index (χ4n) is 2.85. The van der Waals surface area contributed by atoms with Crippen molar-refractivity contribution in [1.29, 1.82) is 0 Å². The summed E-state index contributed by atoms with van der Waals surface area (Å²) in [6.45, 7) is 3.69.